The van der Waals surface area contributed by atoms with Gasteiger partial charge in [0.15, 0.2) is 0 Å². The third-order valence-corrected chi connectivity index (χ3v) is 6.35. The van der Waals surface area contributed by atoms with E-state index < -0.39 is 5.60 Å². The van der Waals surface area contributed by atoms with Crippen molar-refractivity contribution >= 4 is 34.2 Å². The summed E-state index contributed by atoms with van der Waals surface area (Å²) in [7, 11) is 3.29. The number of methoxy groups -OCH3 is 1. The molecule has 4 rings (SSSR count). The van der Waals surface area contributed by atoms with E-state index in [1.807, 2.05) is 40.2 Å². The fourth-order valence-corrected chi connectivity index (χ4v) is 4.82. The van der Waals surface area contributed by atoms with Crippen LogP contribution in [-0.2, 0) is 11.8 Å². The van der Waals surface area contributed by atoms with Gasteiger partial charge in [-0.25, -0.2) is 14.3 Å². The molecule has 0 bridgehead atoms. The van der Waals surface area contributed by atoms with Gasteiger partial charge in [0.25, 0.3) is 0 Å². The van der Waals surface area contributed by atoms with Gasteiger partial charge in [0, 0.05) is 43.2 Å². The van der Waals surface area contributed by atoms with Gasteiger partial charge in [-0.15, -0.1) is 0 Å². The number of amides is 1. The minimum absolute atomic E-state index is 0.0407. The number of aromatic nitrogens is 5. The molecule has 10 heteroatoms. The molecule has 0 N–H and O–H groups in total. The smallest absolute Gasteiger partial charge is 0.410 e. The zero-order chi connectivity index (χ0) is 22.6. The molecule has 0 aromatic carbocycles. The van der Waals surface area contributed by atoms with Gasteiger partial charge in [-0.2, -0.15) is 10.2 Å². The van der Waals surface area contributed by atoms with Gasteiger partial charge in [0.2, 0.25) is 5.88 Å². The highest BCUT2D eigenvalue weighted by atomic mass is 127. The summed E-state index contributed by atoms with van der Waals surface area (Å²) in [6, 6.07) is 0.0407. The van der Waals surface area contributed by atoms with Crippen LogP contribution in [0.2, 0.25) is 0 Å². The summed E-state index contributed by atoms with van der Waals surface area (Å²) < 4.78 is 16.0. The number of halogens is 1. The zero-order valence-electron chi connectivity index (χ0n) is 18.6. The van der Waals surface area contributed by atoms with E-state index in [0.29, 0.717) is 18.7 Å². The summed E-state index contributed by atoms with van der Waals surface area (Å²) in [6.45, 7) is 8.09. The van der Waals surface area contributed by atoms with E-state index in [0.717, 1.165) is 20.3 Å². The van der Waals surface area contributed by atoms with E-state index in [9.17, 15) is 4.79 Å². The standard InChI is InChI=1S/C21H27IN6O3/c1-20(2,3)28(19(29)30-6)14-7-21(4,8-14)31-18-17-15(22)10-24-27(17)12-16(25-18)13-9-23-26(5)11-13/h9-12,14H,7-8H2,1-6H3. The van der Waals surface area contributed by atoms with Crippen LogP contribution in [0.25, 0.3) is 16.8 Å². The van der Waals surface area contributed by atoms with Crippen LogP contribution in [0, 0.1) is 3.57 Å². The van der Waals surface area contributed by atoms with Gasteiger partial charge in [-0.05, 0) is 50.3 Å². The number of ether oxygens (including phenoxy) is 2. The second-order valence-corrected chi connectivity index (χ2v) is 10.4. The molecule has 3 heterocycles. The van der Waals surface area contributed by atoms with Gasteiger partial charge < -0.3 is 14.4 Å². The maximum absolute atomic E-state index is 12.4. The van der Waals surface area contributed by atoms with Gasteiger partial charge >= 0.3 is 6.09 Å². The SMILES string of the molecule is COC(=O)N(C1CC(C)(Oc2nc(-c3cnn(C)c3)cn3ncc(I)c23)C1)C(C)(C)C. The monoisotopic (exact) mass is 538 g/mol. The van der Waals surface area contributed by atoms with E-state index in [4.69, 9.17) is 14.5 Å². The minimum atomic E-state index is -0.448. The number of hydrogen-bond donors (Lipinski definition) is 0. The van der Waals surface area contributed by atoms with Crippen molar-refractivity contribution in [3.8, 4) is 17.1 Å². The summed E-state index contributed by atoms with van der Waals surface area (Å²) >= 11 is 2.24. The van der Waals surface area contributed by atoms with E-state index in [-0.39, 0.29) is 17.7 Å². The lowest BCUT2D eigenvalue weighted by Gasteiger charge is -2.52. The first-order chi connectivity index (χ1) is 14.5. The van der Waals surface area contributed by atoms with Crippen LogP contribution in [0.15, 0.2) is 24.8 Å². The highest BCUT2D eigenvalue weighted by Gasteiger charge is 2.50. The Labute approximate surface area is 194 Å². The molecule has 1 amide bonds. The van der Waals surface area contributed by atoms with E-state index >= 15 is 0 Å². The number of carbonyl (C=O) groups excluding carboxylic acids is 1. The van der Waals surface area contributed by atoms with Crippen LogP contribution >= 0.6 is 22.6 Å². The first-order valence-corrected chi connectivity index (χ1v) is 11.2. The molecule has 0 radical (unpaired) electrons. The van der Waals surface area contributed by atoms with Crippen LogP contribution in [-0.4, -0.2) is 59.7 Å². The molecule has 1 saturated carbocycles. The Hall–Kier alpha value is -2.37. The Bertz CT molecular complexity index is 1130. The summed E-state index contributed by atoms with van der Waals surface area (Å²) in [5, 5.41) is 8.69. The summed E-state index contributed by atoms with van der Waals surface area (Å²) in [6.07, 6.45) is 8.41. The molecule has 166 valence electrons. The Morgan fingerprint density at radius 3 is 2.55 bits per heavy atom. The highest BCUT2D eigenvalue weighted by molar-refractivity contribution is 14.1. The largest absolute Gasteiger partial charge is 0.470 e. The van der Waals surface area contributed by atoms with E-state index in [1.165, 1.54) is 7.11 Å². The molecular weight excluding hydrogens is 511 g/mol. The van der Waals surface area contributed by atoms with Crippen molar-refractivity contribution in [3.63, 3.8) is 0 Å². The van der Waals surface area contributed by atoms with E-state index in [2.05, 4.69) is 39.7 Å². The van der Waals surface area contributed by atoms with Crippen LogP contribution in [0.1, 0.15) is 40.5 Å². The van der Waals surface area contributed by atoms with Crippen LogP contribution in [0.4, 0.5) is 4.79 Å². The topological polar surface area (TPSA) is 86.8 Å². The van der Waals surface area contributed by atoms with Crippen molar-refractivity contribution < 1.29 is 14.3 Å². The lowest BCUT2D eigenvalue weighted by atomic mass is 9.75. The molecule has 0 spiro atoms. The molecule has 0 aliphatic heterocycles. The maximum Gasteiger partial charge on any atom is 0.410 e. The Balaban J connectivity index is 1.63. The third-order valence-electron chi connectivity index (χ3n) is 5.56. The van der Waals surface area contributed by atoms with Crippen molar-refractivity contribution in [2.75, 3.05) is 7.11 Å². The predicted octanol–water partition coefficient (Wildman–Crippen LogP) is 3.90. The normalized spacial score (nSPS) is 21.1. The van der Waals surface area contributed by atoms with Crippen LogP contribution in [0.3, 0.4) is 0 Å². The average Bonchev–Trinajstić information content (AvgIpc) is 3.25. The molecule has 3 aromatic heterocycles. The Morgan fingerprint density at radius 2 is 1.97 bits per heavy atom. The zero-order valence-corrected chi connectivity index (χ0v) is 20.7. The number of rotatable bonds is 4. The molecular formula is C21H27IN6O3. The lowest BCUT2D eigenvalue weighted by molar-refractivity contribution is -0.0754. The molecule has 0 saturated heterocycles. The first kappa shape index (κ1) is 21.8. The summed E-state index contributed by atoms with van der Waals surface area (Å²) in [5.41, 5.74) is 1.67. The Kier molecular flexibility index (Phi) is 5.39. The molecule has 0 unspecified atom stereocenters. The second-order valence-electron chi connectivity index (χ2n) is 9.24. The fourth-order valence-electron chi connectivity index (χ4n) is 4.22. The highest BCUT2D eigenvalue weighted by Crippen LogP contribution is 2.43. The second kappa shape index (κ2) is 7.64. The van der Waals surface area contributed by atoms with Gasteiger partial charge in [-0.3, -0.25) is 4.68 Å². The predicted molar refractivity (Wildman–Crippen MR) is 124 cm³/mol. The molecule has 31 heavy (non-hydrogen) atoms. The van der Waals surface area contributed by atoms with Gasteiger partial charge in [0.1, 0.15) is 11.1 Å². The number of nitrogens with zero attached hydrogens (tertiary/aromatic N) is 6. The Morgan fingerprint density at radius 1 is 1.26 bits per heavy atom. The number of fused-ring (bicyclic) bond motifs is 1. The summed E-state index contributed by atoms with van der Waals surface area (Å²) in [5.74, 6) is 0.532. The fraction of sp³-hybridized carbons (Fsp3) is 0.524. The maximum atomic E-state index is 12.4. The lowest BCUT2D eigenvalue weighted by Crippen LogP contribution is -2.62. The van der Waals surface area contributed by atoms with Gasteiger partial charge in [-0.1, -0.05) is 0 Å². The number of hydrogen-bond acceptors (Lipinski definition) is 6. The molecule has 9 nitrogen and oxygen atoms in total. The number of aryl methyl sites for hydroxylation is 1. The molecule has 3 aromatic rings. The minimum Gasteiger partial charge on any atom is -0.470 e. The van der Waals surface area contributed by atoms with Crippen molar-refractivity contribution in [2.24, 2.45) is 7.05 Å². The molecule has 1 aliphatic rings. The first-order valence-electron chi connectivity index (χ1n) is 10.1. The third kappa shape index (κ3) is 4.09. The molecule has 1 fully saturated rings. The van der Waals surface area contributed by atoms with Crippen LogP contribution in [0.5, 0.6) is 5.88 Å². The number of carbonyl (C=O) groups is 1. The average molecular weight is 538 g/mol. The quantitative estimate of drug-likeness (QED) is 0.469. The van der Waals surface area contributed by atoms with Gasteiger partial charge in [0.05, 0.1) is 35.0 Å². The van der Waals surface area contributed by atoms with Crippen LogP contribution < -0.4 is 4.74 Å². The van der Waals surface area contributed by atoms with E-state index in [1.54, 1.807) is 26.5 Å². The van der Waals surface area contributed by atoms with Crippen molar-refractivity contribution in [3.05, 3.63) is 28.4 Å². The molecule has 0 atom stereocenters. The van der Waals surface area contributed by atoms with Crippen molar-refractivity contribution in [1.82, 2.24) is 29.3 Å². The summed E-state index contributed by atoms with van der Waals surface area (Å²) in [4.78, 5) is 19.0. The molecule has 1 aliphatic carbocycles. The van der Waals surface area contributed by atoms with Crippen molar-refractivity contribution in [2.45, 2.75) is 57.7 Å². The van der Waals surface area contributed by atoms with Crippen molar-refractivity contribution in [1.29, 1.82) is 0 Å².